The highest BCUT2D eigenvalue weighted by Gasteiger charge is 1.95. The van der Waals surface area contributed by atoms with Gasteiger partial charge in [0.15, 0.2) is 0 Å². The minimum atomic E-state index is -2.80. The summed E-state index contributed by atoms with van der Waals surface area (Å²) in [7, 11) is 0. The zero-order valence-electron chi connectivity index (χ0n) is 9.20. The molecule has 0 aromatic carbocycles. The SMILES string of the molecule is [2H]c1nc(Cl)c([2H])c(C([2H])([2H])[2H])c1F. The van der Waals surface area contributed by atoms with Gasteiger partial charge < -0.3 is 0 Å². The van der Waals surface area contributed by atoms with Gasteiger partial charge in [-0.2, -0.15) is 0 Å². The Kier molecular flexibility index (Phi) is 0.654. The molecule has 0 saturated carbocycles. The molecule has 0 aliphatic rings. The van der Waals surface area contributed by atoms with Crippen LogP contribution in [0.5, 0.6) is 0 Å². The second-order valence-corrected chi connectivity index (χ2v) is 1.69. The first-order valence-corrected chi connectivity index (χ1v) is 2.45. The first-order valence-electron chi connectivity index (χ1n) is 4.58. The van der Waals surface area contributed by atoms with Gasteiger partial charge in [-0.05, 0) is 18.5 Å². The summed E-state index contributed by atoms with van der Waals surface area (Å²) in [5.74, 6) is -1.32. The third kappa shape index (κ3) is 1.39. The fourth-order valence-electron chi connectivity index (χ4n) is 0.340. The Morgan fingerprint density at radius 3 is 3.44 bits per heavy atom. The van der Waals surface area contributed by atoms with Crippen LogP contribution in [-0.4, -0.2) is 4.98 Å². The molecule has 0 N–H and O–H groups in total. The van der Waals surface area contributed by atoms with E-state index in [1.54, 1.807) is 0 Å². The van der Waals surface area contributed by atoms with E-state index in [1.807, 2.05) is 0 Å². The molecule has 0 atom stereocenters. The average molecular weight is 151 g/mol. The average Bonchev–Trinajstić information content (AvgIpc) is 1.98. The molecule has 1 rings (SSSR count). The zero-order chi connectivity index (χ0) is 11.1. The Bertz CT molecular complexity index is 351. The van der Waals surface area contributed by atoms with Crippen LogP contribution < -0.4 is 0 Å². The summed E-state index contributed by atoms with van der Waals surface area (Å²) >= 11 is 5.36. The van der Waals surface area contributed by atoms with Gasteiger partial charge in [0.2, 0.25) is 0 Å². The van der Waals surface area contributed by atoms with Crippen molar-refractivity contribution in [2.75, 3.05) is 0 Å². The van der Waals surface area contributed by atoms with Crippen LogP contribution in [0.4, 0.5) is 4.39 Å². The molecule has 1 heterocycles. The Balaban J connectivity index is 3.56. The molecule has 0 saturated heterocycles. The van der Waals surface area contributed by atoms with Gasteiger partial charge in [0.1, 0.15) is 11.0 Å². The smallest absolute Gasteiger partial charge is 0.144 e. The zero-order valence-corrected chi connectivity index (χ0v) is 4.96. The highest BCUT2D eigenvalue weighted by Crippen LogP contribution is 2.09. The molecule has 9 heavy (non-hydrogen) atoms. The molecule has 1 aromatic heterocycles. The summed E-state index contributed by atoms with van der Waals surface area (Å²) in [4.78, 5) is 3.17. The van der Waals surface area contributed by atoms with Crippen LogP contribution in [0.15, 0.2) is 12.2 Å². The molecule has 0 radical (unpaired) electrons. The highest BCUT2D eigenvalue weighted by molar-refractivity contribution is 6.29. The summed E-state index contributed by atoms with van der Waals surface area (Å²) < 4.78 is 48.2. The van der Waals surface area contributed by atoms with Gasteiger partial charge in [-0.15, -0.1) is 0 Å². The van der Waals surface area contributed by atoms with Crippen molar-refractivity contribution in [1.29, 1.82) is 0 Å². The molecule has 3 heteroatoms. The monoisotopic (exact) mass is 150 g/mol. The Labute approximate surface area is 64.5 Å². The first kappa shape index (κ1) is 2.54. The molecule has 0 fully saturated rings. The van der Waals surface area contributed by atoms with Crippen molar-refractivity contribution < 1.29 is 11.2 Å². The lowest BCUT2D eigenvalue weighted by Gasteiger charge is -1.92. The molecule has 0 aliphatic carbocycles. The molecule has 1 nitrogen and oxygen atoms in total. The van der Waals surface area contributed by atoms with Crippen LogP contribution in [0, 0.1) is 12.7 Å². The van der Waals surface area contributed by atoms with E-state index in [-0.39, 0.29) is 0 Å². The number of nitrogens with zero attached hydrogens (tertiary/aromatic N) is 1. The van der Waals surface area contributed by atoms with Crippen molar-refractivity contribution in [2.24, 2.45) is 0 Å². The third-order valence-electron chi connectivity index (χ3n) is 0.700. The largest absolute Gasteiger partial charge is 0.242 e. The minimum absolute atomic E-state index is 0.484. The Hall–Kier alpha value is -0.630. The number of hydrogen-bond donors (Lipinski definition) is 0. The fraction of sp³-hybridized carbons (Fsp3) is 0.167. The van der Waals surface area contributed by atoms with Crippen LogP contribution in [0.2, 0.25) is 5.15 Å². The summed E-state index contributed by atoms with van der Waals surface area (Å²) in [6, 6.07) is -0.694. The van der Waals surface area contributed by atoms with E-state index in [1.165, 1.54) is 0 Å². The number of rotatable bonds is 0. The predicted molar refractivity (Wildman–Crippen MR) is 33.9 cm³/mol. The third-order valence-corrected chi connectivity index (χ3v) is 0.879. The van der Waals surface area contributed by atoms with Crippen LogP contribution in [0.25, 0.3) is 0 Å². The maximum absolute atomic E-state index is 13.1. The molecular weight excluding hydrogens is 141 g/mol. The van der Waals surface area contributed by atoms with E-state index >= 15 is 0 Å². The molecule has 0 bridgehead atoms. The Morgan fingerprint density at radius 1 is 2.00 bits per heavy atom. The van der Waals surface area contributed by atoms with Gasteiger partial charge in [0.25, 0.3) is 0 Å². The summed E-state index contributed by atoms with van der Waals surface area (Å²) in [5, 5.41) is -0.484. The van der Waals surface area contributed by atoms with Gasteiger partial charge in [-0.25, -0.2) is 9.37 Å². The number of aromatic nitrogens is 1. The van der Waals surface area contributed by atoms with Gasteiger partial charge in [-0.3, -0.25) is 0 Å². The van der Waals surface area contributed by atoms with Crippen molar-refractivity contribution in [3.63, 3.8) is 0 Å². The number of halogens is 2. The molecular formula is C6H5ClFN. The van der Waals surface area contributed by atoms with E-state index < -0.39 is 35.6 Å². The van der Waals surface area contributed by atoms with Crippen LogP contribution in [-0.2, 0) is 0 Å². The van der Waals surface area contributed by atoms with Crippen molar-refractivity contribution >= 4 is 11.6 Å². The molecule has 0 spiro atoms. The number of hydrogen-bond acceptors (Lipinski definition) is 1. The van der Waals surface area contributed by atoms with E-state index in [0.29, 0.717) is 0 Å². The normalized spacial score (nSPS) is 19.1. The van der Waals surface area contributed by atoms with E-state index in [9.17, 15) is 4.39 Å². The molecule has 1 aromatic rings. The topological polar surface area (TPSA) is 12.9 Å². The van der Waals surface area contributed by atoms with Crippen molar-refractivity contribution in [2.45, 2.75) is 6.85 Å². The number of pyridine rings is 1. The van der Waals surface area contributed by atoms with Crippen molar-refractivity contribution in [3.8, 4) is 0 Å². The van der Waals surface area contributed by atoms with E-state index in [0.717, 1.165) is 0 Å². The minimum Gasteiger partial charge on any atom is -0.242 e. The maximum atomic E-state index is 13.1. The van der Waals surface area contributed by atoms with Crippen LogP contribution in [0.3, 0.4) is 0 Å². The Morgan fingerprint density at radius 2 is 2.78 bits per heavy atom. The summed E-state index contributed by atoms with van der Waals surface area (Å²) in [6.45, 7) is -2.80. The molecule has 0 unspecified atom stereocenters. The molecule has 0 aliphatic heterocycles. The lowest BCUT2D eigenvalue weighted by molar-refractivity contribution is 0.612. The van der Waals surface area contributed by atoms with Crippen LogP contribution in [0.1, 0.15) is 12.4 Å². The van der Waals surface area contributed by atoms with Crippen LogP contribution >= 0.6 is 11.6 Å². The molecule has 48 valence electrons. The highest BCUT2D eigenvalue weighted by atomic mass is 35.5. The maximum Gasteiger partial charge on any atom is 0.144 e. The van der Waals surface area contributed by atoms with Crippen molar-refractivity contribution in [3.05, 3.63) is 28.7 Å². The van der Waals surface area contributed by atoms with Gasteiger partial charge in [0.05, 0.1) is 8.91 Å². The second kappa shape index (κ2) is 2.31. The summed E-state index contributed by atoms with van der Waals surface area (Å²) in [5.41, 5.74) is -0.859. The predicted octanol–water partition coefficient (Wildman–Crippen LogP) is 2.18. The lowest BCUT2D eigenvalue weighted by Crippen LogP contribution is -1.83. The van der Waals surface area contributed by atoms with Gasteiger partial charge in [-0.1, -0.05) is 11.6 Å². The standard InChI is InChI=1S/C6H5ClFN/c1-4-2-6(7)9-3-5(4)8/h2-3H,1H3/i1D3,2D,3D. The van der Waals surface area contributed by atoms with Gasteiger partial charge >= 0.3 is 0 Å². The van der Waals surface area contributed by atoms with E-state index in [2.05, 4.69) is 4.98 Å². The molecule has 0 amide bonds. The fourth-order valence-corrected chi connectivity index (χ4v) is 0.477. The van der Waals surface area contributed by atoms with Gasteiger partial charge in [0, 0.05) is 4.11 Å². The lowest BCUT2D eigenvalue weighted by atomic mass is 10.3. The second-order valence-electron chi connectivity index (χ2n) is 1.33. The summed E-state index contributed by atoms with van der Waals surface area (Å²) in [6.07, 6.45) is -0.864. The first-order chi connectivity index (χ1) is 6.25. The van der Waals surface area contributed by atoms with E-state index in [4.69, 9.17) is 18.5 Å². The quantitative estimate of drug-likeness (QED) is 0.517. The van der Waals surface area contributed by atoms with Crippen molar-refractivity contribution in [1.82, 2.24) is 4.98 Å².